The second kappa shape index (κ2) is 9.19. The second-order valence-corrected chi connectivity index (χ2v) is 5.96. The molecule has 2 aromatic carbocycles. The highest BCUT2D eigenvalue weighted by Crippen LogP contribution is 2.16. The Bertz CT molecular complexity index is 749. The van der Waals surface area contributed by atoms with Gasteiger partial charge in [-0.25, -0.2) is 9.63 Å². The monoisotopic (exact) mass is 378 g/mol. The van der Waals surface area contributed by atoms with Gasteiger partial charge in [0.25, 0.3) is 0 Å². The van der Waals surface area contributed by atoms with E-state index in [1.54, 1.807) is 36.4 Å². The van der Waals surface area contributed by atoms with Gasteiger partial charge in [0, 0.05) is 0 Å². The zero-order valence-electron chi connectivity index (χ0n) is 13.8. The average Bonchev–Trinajstić information content (AvgIpc) is 2.62. The molecule has 2 atom stereocenters. The summed E-state index contributed by atoms with van der Waals surface area (Å²) in [5.74, 6) is -1.20. The number of carbonyl (C=O) groups excluding carboxylic acids is 1. The summed E-state index contributed by atoms with van der Waals surface area (Å²) in [5, 5.41) is 18.1. The number of carboxylic acids is 1. The lowest BCUT2D eigenvalue weighted by molar-refractivity contribution is -0.138. The van der Waals surface area contributed by atoms with E-state index >= 15 is 0 Å². The van der Waals surface area contributed by atoms with Gasteiger partial charge in [0.1, 0.15) is 23.6 Å². The topological polar surface area (TPSA) is 122 Å². The Balaban J connectivity index is 1.96. The Kier molecular flexibility index (Phi) is 6.97. The van der Waals surface area contributed by atoms with Crippen LogP contribution in [-0.2, 0) is 22.4 Å². The van der Waals surface area contributed by atoms with Crippen LogP contribution in [0.25, 0.3) is 0 Å². The van der Waals surface area contributed by atoms with Crippen molar-refractivity contribution in [3.05, 3.63) is 59.7 Å². The van der Waals surface area contributed by atoms with Crippen molar-refractivity contribution in [3.63, 3.8) is 0 Å². The SMILES string of the molecule is N[C@@H](Cc1ccc(OC(=O)[C@H](Cc2ccc(O)cc2)NCl)cc1)C(=O)O. The van der Waals surface area contributed by atoms with E-state index in [2.05, 4.69) is 4.84 Å². The summed E-state index contributed by atoms with van der Waals surface area (Å²) in [6.45, 7) is 0. The third kappa shape index (κ3) is 5.73. The van der Waals surface area contributed by atoms with Crippen molar-refractivity contribution < 1.29 is 24.5 Å². The van der Waals surface area contributed by atoms with Gasteiger partial charge >= 0.3 is 11.9 Å². The molecule has 0 unspecified atom stereocenters. The molecule has 138 valence electrons. The number of carboxylic acid groups (broad SMARTS) is 1. The first-order chi connectivity index (χ1) is 12.4. The maximum Gasteiger partial charge on any atom is 0.330 e. The summed E-state index contributed by atoms with van der Waals surface area (Å²) in [6.07, 6.45) is 0.463. The summed E-state index contributed by atoms with van der Waals surface area (Å²) in [5.41, 5.74) is 7.00. The minimum Gasteiger partial charge on any atom is -0.508 e. The number of aromatic hydroxyl groups is 1. The molecule has 0 saturated carbocycles. The summed E-state index contributed by atoms with van der Waals surface area (Å²) >= 11 is 5.65. The van der Waals surface area contributed by atoms with Gasteiger partial charge in [0.15, 0.2) is 0 Å². The first kappa shape index (κ1) is 19.7. The van der Waals surface area contributed by atoms with Crippen LogP contribution in [0.4, 0.5) is 0 Å². The quantitative estimate of drug-likeness (QED) is 0.312. The van der Waals surface area contributed by atoms with Crippen molar-refractivity contribution >= 4 is 23.7 Å². The van der Waals surface area contributed by atoms with Crippen LogP contribution in [0, 0.1) is 0 Å². The van der Waals surface area contributed by atoms with Crippen LogP contribution in [-0.4, -0.2) is 34.2 Å². The van der Waals surface area contributed by atoms with E-state index in [1.807, 2.05) is 0 Å². The molecular formula is C18H19ClN2O5. The van der Waals surface area contributed by atoms with E-state index in [0.717, 1.165) is 11.1 Å². The van der Waals surface area contributed by atoms with Crippen molar-refractivity contribution in [3.8, 4) is 11.5 Å². The van der Waals surface area contributed by atoms with Gasteiger partial charge < -0.3 is 20.7 Å². The minimum absolute atomic E-state index is 0.134. The summed E-state index contributed by atoms with van der Waals surface area (Å²) in [6, 6.07) is 11.1. The molecule has 0 aromatic heterocycles. The highest BCUT2D eigenvalue weighted by molar-refractivity contribution is 6.14. The Morgan fingerprint density at radius 1 is 1.04 bits per heavy atom. The summed E-state index contributed by atoms with van der Waals surface area (Å²) < 4.78 is 5.29. The fourth-order valence-electron chi connectivity index (χ4n) is 2.26. The van der Waals surface area contributed by atoms with Crippen LogP contribution in [0.5, 0.6) is 11.5 Å². The number of hydrogen-bond donors (Lipinski definition) is 4. The molecule has 0 amide bonds. The normalized spacial score (nSPS) is 13.0. The molecule has 8 heteroatoms. The Hall–Kier alpha value is -2.61. The maximum atomic E-state index is 12.3. The highest BCUT2D eigenvalue weighted by Gasteiger charge is 2.20. The van der Waals surface area contributed by atoms with E-state index in [0.29, 0.717) is 5.75 Å². The number of phenolic OH excluding ortho intramolecular Hbond substituents is 1. The number of benzene rings is 2. The standard InChI is InChI=1S/C18H19ClN2O5/c19-21-16(10-12-1-5-13(22)6-2-12)18(25)26-14-7-3-11(4-8-14)9-15(20)17(23)24/h1-8,15-16,21-22H,9-10,20H2,(H,23,24)/t15-,16-/m0/s1. The summed E-state index contributed by atoms with van der Waals surface area (Å²) in [7, 11) is 0. The Morgan fingerprint density at radius 3 is 2.12 bits per heavy atom. The number of ether oxygens (including phenoxy) is 1. The lowest BCUT2D eigenvalue weighted by Gasteiger charge is -2.14. The van der Waals surface area contributed by atoms with Gasteiger partial charge in [-0.3, -0.25) is 4.79 Å². The van der Waals surface area contributed by atoms with Crippen molar-refractivity contribution in [2.45, 2.75) is 24.9 Å². The van der Waals surface area contributed by atoms with Crippen LogP contribution < -0.4 is 15.3 Å². The number of nitrogens with one attached hydrogen (secondary N) is 1. The van der Waals surface area contributed by atoms with Crippen molar-refractivity contribution in [1.82, 2.24) is 4.84 Å². The van der Waals surface area contributed by atoms with Crippen LogP contribution in [0.2, 0.25) is 0 Å². The zero-order valence-corrected chi connectivity index (χ0v) is 14.5. The van der Waals surface area contributed by atoms with Crippen LogP contribution >= 0.6 is 11.8 Å². The molecule has 26 heavy (non-hydrogen) atoms. The van der Waals surface area contributed by atoms with E-state index in [-0.39, 0.29) is 18.6 Å². The molecule has 2 aromatic rings. The summed E-state index contributed by atoms with van der Waals surface area (Å²) in [4.78, 5) is 25.4. The number of hydrogen-bond acceptors (Lipinski definition) is 6. The molecule has 0 spiro atoms. The molecule has 0 fully saturated rings. The number of phenols is 1. The molecule has 0 heterocycles. The van der Waals surface area contributed by atoms with E-state index in [4.69, 9.17) is 27.4 Å². The van der Waals surface area contributed by atoms with Crippen molar-refractivity contribution in [2.75, 3.05) is 0 Å². The molecule has 0 saturated heterocycles. The third-order valence-corrected chi connectivity index (χ3v) is 3.97. The first-order valence-electron chi connectivity index (χ1n) is 7.82. The largest absolute Gasteiger partial charge is 0.508 e. The molecule has 5 N–H and O–H groups in total. The fraction of sp³-hybridized carbons (Fsp3) is 0.222. The molecule has 0 radical (unpaired) electrons. The molecule has 2 rings (SSSR count). The van der Waals surface area contributed by atoms with Gasteiger partial charge in [0.2, 0.25) is 0 Å². The van der Waals surface area contributed by atoms with Crippen molar-refractivity contribution in [1.29, 1.82) is 0 Å². The van der Waals surface area contributed by atoms with Gasteiger partial charge in [-0.15, -0.1) is 0 Å². The number of carbonyl (C=O) groups is 2. The lowest BCUT2D eigenvalue weighted by Crippen LogP contribution is -2.36. The third-order valence-electron chi connectivity index (χ3n) is 3.71. The van der Waals surface area contributed by atoms with E-state index in [9.17, 15) is 14.7 Å². The van der Waals surface area contributed by atoms with E-state index in [1.165, 1.54) is 12.1 Å². The van der Waals surface area contributed by atoms with Gasteiger partial charge in [-0.1, -0.05) is 24.3 Å². The molecule has 0 aliphatic heterocycles. The van der Waals surface area contributed by atoms with Crippen LogP contribution in [0.3, 0.4) is 0 Å². The minimum atomic E-state index is -1.08. The number of aliphatic carboxylic acids is 1. The molecule has 0 bridgehead atoms. The second-order valence-electron chi connectivity index (χ2n) is 5.75. The molecular weight excluding hydrogens is 360 g/mol. The predicted octanol–water partition coefficient (Wildman–Crippen LogP) is 1.61. The van der Waals surface area contributed by atoms with Gasteiger partial charge in [-0.05, 0) is 60.0 Å². The van der Waals surface area contributed by atoms with Gasteiger partial charge in [0.05, 0.1) is 0 Å². The predicted molar refractivity (Wildman–Crippen MR) is 96.0 cm³/mol. The number of nitrogens with two attached hydrogens (primary N) is 1. The number of esters is 1. The van der Waals surface area contributed by atoms with Crippen LogP contribution in [0.1, 0.15) is 11.1 Å². The maximum absolute atomic E-state index is 12.3. The highest BCUT2D eigenvalue weighted by atomic mass is 35.5. The number of rotatable bonds is 8. The Morgan fingerprint density at radius 2 is 1.58 bits per heavy atom. The molecule has 0 aliphatic carbocycles. The molecule has 0 aliphatic rings. The smallest absolute Gasteiger partial charge is 0.330 e. The van der Waals surface area contributed by atoms with Crippen molar-refractivity contribution in [2.24, 2.45) is 5.73 Å². The lowest BCUT2D eigenvalue weighted by atomic mass is 10.1. The number of halogens is 1. The molecule has 7 nitrogen and oxygen atoms in total. The van der Waals surface area contributed by atoms with E-state index < -0.39 is 24.0 Å². The average molecular weight is 379 g/mol. The van der Waals surface area contributed by atoms with Crippen LogP contribution in [0.15, 0.2) is 48.5 Å². The Labute approximate surface area is 155 Å². The first-order valence-corrected chi connectivity index (χ1v) is 8.20. The fourth-order valence-corrected chi connectivity index (χ4v) is 2.42. The van der Waals surface area contributed by atoms with Gasteiger partial charge in [-0.2, -0.15) is 0 Å². The zero-order chi connectivity index (χ0) is 19.1.